The van der Waals surface area contributed by atoms with Crippen molar-refractivity contribution in [2.24, 2.45) is 0 Å². The Kier molecular flexibility index (Phi) is 3.70. The maximum atomic E-state index is 4.45. The van der Waals surface area contributed by atoms with Gasteiger partial charge in [0.1, 0.15) is 0 Å². The Morgan fingerprint density at radius 1 is 1.00 bits per heavy atom. The maximum Gasteiger partial charge on any atom is 0.0855 e. The molecule has 0 bridgehead atoms. The summed E-state index contributed by atoms with van der Waals surface area (Å²) in [5.74, 6) is 0. The minimum atomic E-state index is 1.02. The quantitative estimate of drug-likeness (QED) is 0.680. The van der Waals surface area contributed by atoms with Crippen LogP contribution in [0, 0.1) is 0 Å². The molecule has 0 spiro atoms. The van der Waals surface area contributed by atoms with Gasteiger partial charge in [0, 0.05) is 17.3 Å². The molecule has 0 aliphatic heterocycles. The molecule has 2 nitrogen and oxygen atoms in total. The Morgan fingerprint density at radius 3 is 2.60 bits per heavy atom. The van der Waals surface area contributed by atoms with E-state index in [1.54, 1.807) is 11.9 Å². The van der Waals surface area contributed by atoms with E-state index in [4.69, 9.17) is 0 Å². The maximum absolute atomic E-state index is 4.45. The number of aromatic nitrogens is 1. The summed E-state index contributed by atoms with van der Waals surface area (Å²) in [5, 5.41) is 1.15. The Hall–Kier alpha value is -2.26. The van der Waals surface area contributed by atoms with E-state index in [9.17, 15) is 0 Å². The van der Waals surface area contributed by atoms with Crippen molar-refractivity contribution in [3.8, 4) is 0 Å². The van der Waals surface area contributed by atoms with Crippen LogP contribution < -0.4 is 4.72 Å². The molecule has 1 aromatic heterocycles. The summed E-state index contributed by atoms with van der Waals surface area (Å²) in [7, 11) is 0. The molecule has 3 aromatic rings. The van der Waals surface area contributed by atoms with Gasteiger partial charge < -0.3 is 4.72 Å². The lowest BCUT2D eigenvalue weighted by atomic mass is 10.2. The SMILES string of the molecule is C=Cc1ccc(NSc2cccc3cccnc23)cc1. The minimum absolute atomic E-state index is 1.02. The first kappa shape index (κ1) is 12.8. The van der Waals surface area contributed by atoms with Gasteiger partial charge >= 0.3 is 0 Å². The van der Waals surface area contributed by atoms with Crippen molar-refractivity contribution in [1.82, 2.24) is 4.98 Å². The van der Waals surface area contributed by atoms with E-state index in [1.807, 2.05) is 42.6 Å². The molecule has 3 rings (SSSR count). The lowest BCUT2D eigenvalue weighted by Gasteiger charge is -2.07. The van der Waals surface area contributed by atoms with Gasteiger partial charge in [-0.15, -0.1) is 0 Å². The van der Waals surface area contributed by atoms with Crippen molar-refractivity contribution in [2.45, 2.75) is 4.90 Å². The van der Waals surface area contributed by atoms with Crippen molar-refractivity contribution >= 4 is 34.6 Å². The summed E-state index contributed by atoms with van der Waals surface area (Å²) in [6.07, 6.45) is 3.66. The van der Waals surface area contributed by atoms with Gasteiger partial charge in [0.2, 0.25) is 0 Å². The molecule has 20 heavy (non-hydrogen) atoms. The highest BCUT2D eigenvalue weighted by Crippen LogP contribution is 2.27. The van der Waals surface area contributed by atoms with E-state index in [0.29, 0.717) is 0 Å². The van der Waals surface area contributed by atoms with Crippen LogP contribution in [0.2, 0.25) is 0 Å². The van der Waals surface area contributed by atoms with Crippen molar-refractivity contribution in [2.75, 3.05) is 4.72 Å². The molecule has 0 atom stereocenters. The number of anilines is 1. The van der Waals surface area contributed by atoms with Crippen LogP contribution >= 0.6 is 11.9 Å². The van der Waals surface area contributed by atoms with Crippen LogP contribution in [0.4, 0.5) is 5.69 Å². The van der Waals surface area contributed by atoms with Crippen LogP contribution in [0.25, 0.3) is 17.0 Å². The van der Waals surface area contributed by atoms with Crippen LogP contribution in [-0.4, -0.2) is 4.98 Å². The smallest absolute Gasteiger partial charge is 0.0855 e. The van der Waals surface area contributed by atoms with Crippen LogP contribution in [0.3, 0.4) is 0 Å². The predicted octanol–water partition coefficient (Wildman–Crippen LogP) is 5.00. The van der Waals surface area contributed by atoms with Crippen molar-refractivity contribution in [3.63, 3.8) is 0 Å². The largest absolute Gasteiger partial charge is 0.326 e. The molecule has 0 saturated heterocycles. The van der Waals surface area contributed by atoms with E-state index in [-0.39, 0.29) is 0 Å². The zero-order chi connectivity index (χ0) is 13.8. The van der Waals surface area contributed by atoms with Gasteiger partial charge in [0.25, 0.3) is 0 Å². The molecule has 0 fully saturated rings. The summed E-state index contributed by atoms with van der Waals surface area (Å²) >= 11 is 1.58. The number of fused-ring (bicyclic) bond motifs is 1. The number of hydrogen-bond acceptors (Lipinski definition) is 3. The number of nitrogens with one attached hydrogen (secondary N) is 1. The average molecular weight is 278 g/mol. The molecule has 0 unspecified atom stereocenters. The van der Waals surface area contributed by atoms with Gasteiger partial charge in [0.05, 0.1) is 10.4 Å². The molecule has 3 heteroatoms. The van der Waals surface area contributed by atoms with Crippen LogP contribution in [0.1, 0.15) is 5.56 Å². The molecule has 1 N–H and O–H groups in total. The molecule has 0 aliphatic rings. The van der Waals surface area contributed by atoms with Gasteiger partial charge in [0.15, 0.2) is 0 Å². The summed E-state index contributed by atoms with van der Waals surface area (Å²) in [4.78, 5) is 5.57. The number of benzene rings is 2. The summed E-state index contributed by atoms with van der Waals surface area (Å²) < 4.78 is 3.35. The molecule has 1 heterocycles. The van der Waals surface area contributed by atoms with E-state index in [0.717, 1.165) is 27.0 Å². The molecule has 98 valence electrons. The second-order valence-electron chi connectivity index (χ2n) is 4.36. The highest BCUT2D eigenvalue weighted by Gasteiger charge is 2.02. The fraction of sp³-hybridized carbons (Fsp3) is 0. The number of rotatable bonds is 4. The third kappa shape index (κ3) is 2.68. The number of nitrogens with zero attached hydrogens (tertiary/aromatic N) is 1. The highest BCUT2D eigenvalue weighted by molar-refractivity contribution is 8.00. The van der Waals surface area contributed by atoms with Crippen LogP contribution in [0.15, 0.2) is 72.3 Å². The Balaban J connectivity index is 1.81. The third-order valence-corrected chi connectivity index (χ3v) is 3.91. The normalized spacial score (nSPS) is 10.4. The first-order valence-corrected chi connectivity index (χ1v) is 7.17. The molecule has 0 aliphatic carbocycles. The van der Waals surface area contributed by atoms with Crippen LogP contribution in [0.5, 0.6) is 0 Å². The molecule has 0 amide bonds. The molecule has 0 radical (unpaired) electrons. The van der Waals surface area contributed by atoms with Gasteiger partial charge in [-0.1, -0.05) is 43.0 Å². The second-order valence-corrected chi connectivity index (χ2v) is 5.21. The van der Waals surface area contributed by atoms with Crippen LogP contribution in [-0.2, 0) is 0 Å². The number of hydrogen-bond donors (Lipinski definition) is 1. The summed E-state index contributed by atoms with van der Waals surface area (Å²) in [6.45, 7) is 3.75. The number of pyridine rings is 1. The minimum Gasteiger partial charge on any atom is -0.326 e. The second kappa shape index (κ2) is 5.80. The van der Waals surface area contributed by atoms with Crippen molar-refractivity contribution < 1.29 is 0 Å². The highest BCUT2D eigenvalue weighted by atomic mass is 32.2. The zero-order valence-electron chi connectivity index (χ0n) is 10.9. The lowest BCUT2D eigenvalue weighted by Crippen LogP contribution is -1.88. The monoisotopic (exact) mass is 278 g/mol. The Labute approximate surface area is 122 Å². The van der Waals surface area contributed by atoms with Gasteiger partial charge in [-0.05, 0) is 41.8 Å². The molecular weight excluding hydrogens is 264 g/mol. The first-order valence-electron chi connectivity index (χ1n) is 6.36. The van der Waals surface area contributed by atoms with Crippen molar-refractivity contribution in [3.05, 3.63) is 72.9 Å². The summed E-state index contributed by atoms with van der Waals surface area (Å²) in [5.41, 5.74) is 3.20. The first-order chi connectivity index (χ1) is 9.86. The van der Waals surface area contributed by atoms with E-state index >= 15 is 0 Å². The van der Waals surface area contributed by atoms with E-state index in [1.165, 1.54) is 0 Å². The van der Waals surface area contributed by atoms with Gasteiger partial charge in [-0.25, -0.2) is 0 Å². The fourth-order valence-electron chi connectivity index (χ4n) is 1.96. The third-order valence-electron chi connectivity index (χ3n) is 3.02. The van der Waals surface area contributed by atoms with E-state index < -0.39 is 0 Å². The lowest BCUT2D eigenvalue weighted by molar-refractivity contribution is 1.35. The standard InChI is InChI=1S/C17H14N2S/c1-2-13-8-10-15(11-9-13)19-20-16-7-3-5-14-6-4-12-18-17(14)16/h2-12,19H,1H2. The molecule has 2 aromatic carbocycles. The number of para-hydroxylation sites is 1. The Morgan fingerprint density at radius 2 is 1.80 bits per heavy atom. The van der Waals surface area contributed by atoms with Gasteiger partial charge in [-0.2, -0.15) is 0 Å². The zero-order valence-corrected chi connectivity index (χ0v) is 11.7. The average Bonchev–Trinajstić information content (AvgIpc) is 2.53. The fourth-order valence-corrected chi connectivity index (χ4v) is 2.74. The molecule has 0 saturated carbocycles. The van der Waals surface area contributed by atoms with Gasteiger partial charge in [-0.3, -0.25) is 4.98 Å². The predicted molar refractivity (Wildman–Crippen MR) is 87.8 cm³/mol. The summed E-state index contributed by atoms with van der Waals surface area (Å²) in [6, 6.07) is 18.4. The Bertz CT molecular complexity index is 730. The molecular formula is C17H14N2S. The van der Waals surface area contributed by atoms with Crippen molar-refractivity contribution in [1.29, 1.82) is 0 Å². The topological polar surface area (TPSA) is 24.9 Å². The van der Waals surface area contributed by atoms with E-state index in [2.05, 4.69) is 40.6 Å².